The molecule has 0 heterocycles. The highest BCUT2D eigenvalue weighted by Crippen LogP contribution is 2.29. The van der Waals surface area contributed by atoms with E-state index in [0.717, 1.165) is 32.1 Å². The summed E-state index contributed by atoms with van der Waals surface area (Å²) in [5.41, 5.74) is 5.83. The Morgan fingerprint density at radius 2 is 2.06 bits per heavy atom. The maximum Gasteiger partial charge on any atom is 0.323 e. The van der Waals surface area contributed by atoms with E-state index in [1.54, 1.807) is 0 Å². The van der Waals surface area contributed by atoms with Crippen molar-refractivity contribution in [2.75, 3.05) is 0 Å². The fourth-order valence-electron chi connectivity index (χ4n) is 2.57. The zero-order chi connectivity index (χ0) is 12.7. The van der Waals surface area contributed by atoms with E-state index in [4.69, 9.17) is 10.5 Å². The van der Waals surface area contributed by atoms with Crippen molar-refractivity contribution in [2.24, 2.45) is 11.7 Å². The minimum Gasteiger partial charge on any atom is -0.461 e. The molecule has 0 spiro atoms. The lowest BCUT2D eigenvalue weighted by atomic mass is 9.85. The second-order valence-electron chi connectivity index (χ2n) is 5.18. The summed E-state index contributed by atoms with van der Waals surface area (Å²) in [6.07, 6.45) is 8.70. The molecule has 1 saturated carbocycles. The van der Waals surface area contributed by atoms with E-state index in [0.29, 0.717) is 5.92 Å². The third-order valence-corrected chi connectivity index (χ3v) is 3.80. The van der Waals surface area contributed by atoms with Gasteiger partial charge in [0.1, 0.15) is 12.1 Å². The number of ether oxygens (including phenoxy) is 1. The third-order valence-electron chi connectivity index (χ3n) is 3.80. The van der Waals surface area contributed by atoms with Gasteiger partial charge < -0.3 is 10.5 Å². The van der Waals surface area contributed by atoms with Crippen LogP contribution in [0.1, 0.15) is 65.2 Å². The smallest absolute Gasteiger partial charge is 0.323 e. The molecule has 1 rings (SSSR count). The Labute approximate surface area is 105 Å². The van der Waals surface area contributed by atoms with E-state index >= 15 is 0 Å². The maximum absolute atomic E-state index is 11.8. The van der Waals surface area contributed by atoms with Gasteiger partial charge in [-0.05, 0) is 38.0 Å². The van der Waals surface area contributed by atoms with Gasteiger partial charge in [-0.15, -0.1) is 0 Å². The topological polar surface area (TPSA) is 52.3 Å². The first-order chi connectivity index (χ1) is 8.19. The second-order valence-corrected chi connectivity index (χ2v) is 5.18. The van der Waals surface area contributed by atoms with Crippen molar-refractivity contribution >= 4 is 5.97 Å². The molecule has 2 N–H and O–H groups in total. The molecule has 3 nitrogen and oxygen atoms in total. The van der Waals surface area contributed by atoms with Gasteiger partial charge in [0, 0.05) is 0 Å². The minimum absolute atomic E-state index is 0.119. The molecule has 1 fully saturated rings. The summed E-state index contributed by atoms with van der Waals surface area (Å²) in [5, 5.41) is 0. The second kappa shape index (κ2) is 7.70. The van der Waals surface area contributed by atoms with E-state index in [2.05, 4.69) is 13.8 Å². The zero-order valence-corrected chi connectivity index (χ0v) is 11.3. The highest BCUT2D eigenvalue weighted by atomic mass is 16.5. The molecule has 0 aromatic carbocycles. The maximum atomic E-state index is 11.8. The van der Waals surface area contributed by atoms with Gasteiger partial charge in [-0.1, -0.05) is 33.1 Å². The first-order valence-corrected chi connectivity index (χ1v) is 7.15. The predicted octanol–water partition coefficient (Wildman–Crippen LogP) is 3.02. The average Bonchev–Trinajstić information content (AvgIpc) is 2.36. The molecule has 17 heavy (non-hydrogen) atoms. The van der Waals surface area contributed by atoms with Crippen molar-refractivity contribution in [3.8, 4) is 0 Å². The number of hydrogen-bond acceptors (Lipinski definition) is 3. The van der Waals surface area contributed by atoms with Crippen LogP contribution in [0, 0.1) is 5.92 Å². The summed E-state index contributed by atoms with van der Waals surface area (Å²) >= 11 is 0. The molecule has 3 heteroatoms. The van der Waals surface area contributed by atoms with Gasteiger partial charge in [0.2, 0.25) is 0 Å². The van der Waals surface area contributed by atoms with E-state index in [1.807, 2.05) is 0 Å². The van der Waals surface area contributed by atoms with Crippen molar-refractivity contribution < 1.29 is 9.53 Å². The summed E-state index contributed by atoms with van der Waals surface area (Å²) in [5.74, 6) is 0.356. The van der Waals surface area contributed by atoms with Gasteiger partial charge in [0.15, 0.2) is 0 Å². The molecule has 0 aromatic heterocycles. The van der Waals surface area contributed by atoms with Gasteiger partial charge >= 0.3 is 5.97 Å². The molecule has 0 aliphatic heterocycles. The van der Waals surface area contributed by atoms with E-state index in [1.165, 1.54) is 19.3 Å². The predicted molar refractivity (Wildman–Crippen MR) is 69.6 cm³/mol. The summed E-state index contributed by atoms with van der Waals surface area (Å²) in [4.78, 5) is 11.8. The number of carbonyl (C=O) groups is 1. The molecule has 0 saturated heterocycles. The molecule has 3 atom stereocenters. The largest absolute Gasteiger partial charge is 0.461 e. The van der Waals surface area contributed by atoms with Crippen LogP contribution < -0.4 is 5.73 Å². The Morgan fingerprint density at radius 1 is 1.35 bits per heavy atom. The van der Waals surface area contributed by atoms with Crippen LogP contribution in [-0.2, 0) is 9.53 Å². The number of nitrogens with two attached hydrogens (primary N) is 1. The lowest BCUT2D eigenvalue weighted by molar-refractivity contribution is -0.155. The van der Waals surface area contributed by atoms with Crippen molar-refractivity contribution in [3.05, 3.63) is 0 Å². The minimum atomic E-state index is -0.422. The van der Waals surface area contributed by atoms with Crippen molar-refractivity contribution in [2.45, 2.75) is 77.4 Å². The van der Waals surface area contributed by atoms with Gasteiger partial charge in [0.05, 0.1) is 0 Å². The summed E-state index contributed by atoms with van der Waals surface area (Å²) in [6.45, 7) is 4.28. The molecule has 3 unspecified atom stereocenters. The Hall–Kier alpha value is -0.570. The third kappa shape index (κ3) is 4.66. The normalized spacial score (nSPS) is 26.5. The Kier molecular flexibility index (Phi) is 6.56. The first kappa shape index (κ1) is 14.5. The van der Waals surface area contributed by atoms with Crippen LogP contribution in [0.25, 0.3) is 0 Å². The number of rotatable bonds is 6. The molecule has 0 aromatic rings. The number of esters is 1. The average molecular weight is 241 g/mol. The molecule has 0 amide bonds. The van der Waals surface area contributed by atoms with E-state index < -0.39 is 6.04 Å². The quantitative estimate of drug-likeness (QED) is 0.727. The highest BCUT2D eigenvalue weighted by Gasteiger charge is 2.28. The van der Waals surface area contributed by atoms with Crippen LogP contribution in [0.2, 0.25) is 0 Å². The molecule has 1 aliphatic carbocycles. The SMILES string of the molecule is CCCCC(N)C(=O)OC1CCCCC1CC. The standard InChI is InChI=1S/C14H27NO2/c1-3-5-9-12(15)14(16)17-13-10-7-6-8-11(13)4-2/h11-13H,3-10,15H2,1-2H3. The molecular weight excluding hydrogens is 214 g/mol. The fourth-order valence-corrected chi connectivity index (χ4v) is 2.57. The monoisotopic (exact) mass is 241 g/mol. The van der Waals surface area contributed by atoms with Crippen LogP contribution in [0.5, 0.6) is 0 Å². The van der Waals surface area contributed by atoms with Gasteiger partial charge in [0.25, 0.3) is 0 Å². The summed E-state index contributed by atoms with van der Waals surface area (Å²) in [7, 11) is 0. The number of carbonyl (C=O) groups excluding carboxylic acids is 1. The van der Waals surface area contributed by atoms with Crippen LogP contribution >= 0.6 is 0 Å². The molecule has 0 radical (unpaired) electrons. The lowest BCUT2D eigenvalue weighted by Crippen LogP contribution is -2.38. The molecule has 100 valence electrons. The van der Waals surface area contributed by atoms with E-state index in [9.17, 15) is 4.79 Å². The Morgan fingerprint density at radius 3 is 2.71 bits per heavy atom. The molecule has 1 aliphatic rings. The van der Waals surface area contributed by atoms with Gasteiger partial charge in [-0.3, -0.25) is 4.79 Å². The van der Waals surface area contributed by atoms with Gasteiger partial charge in [-0.2, -0.15) is 0 Å². The Bertz CT molecular complexity index is 230. The van der Waals surface area contributed by atoms with E-state index in [-0.39, 0.29) is 12.1 Å². The van der Waals surface area contributed by atoms with Crippen LogP contribution in [0.3, 0.4) is 0 Å². The van der Waals surface area contributed by atoms with Crippen LogP contribution in [-0.4, -0.2) is 18.1 Å². The lowest BCUT2D eigenvalue weighted by Gasteiger charge is -2.31. The van der Waals surface area contributed by atoms with Crippen molar-refractivity contribution in [3.63, 3.8) is 0 Å². The number of unbranched alkanes of at least 4 members (excludes halogenated alkanes) is 1. The van der Waals surface area contributed by atoms with Crippen LogP contribution in [0.15, 0.2) is 0 Å². The van der Waals surface area contributed by atoms with Gasteiger partial charge in [-0.25, -0.2) is 0 Å². The van der Waals surface area contributed by atoms with Crippen molar-refractivity contribution in [1.29, 1.82) is 0 Å². The highest BCUT2D eigenvalue weighted by molar-refractivity contribution is 5.75. The first-order valence-electron chi connectivity index (χ1n) is 7.15. The summed E-state index contributed by atoms with van der Waals surface area (Å²) < 4.78 is 5.59. The molecule has 0 bridgehead atoms. The zero-order valence-electron chi connectivity index (χ0n) is 11.3. The Balaban J connectivity index is 2.37. The van der Waals surface area contributed by atoms with Crippen LogP contribution in [0.4, 0.5) is 0 Å². The molecular formula is C14H27NO2. The fraction of sp³-hybridized carbons (Fsp3) is 0.929. The number of hydrogen-bond donors (Lipinski definition) is 1. The summed E-state index contributed by atoms with van der Waals surface area (Å²) in [6, 6.07) is -0.422. The van der Waals surface area contributed by atoms with Crippen molar-refractivity contribution in [1.82, 2.24) is 0 Å².